The third kappa shape index (κ3) is 2.14. The van der Waals surface area contributed by atoms with Crippen molar-refractivity contribution in [1.82, 2.24) is 4.40 Å². The van der Waals surface area contributed by atoms with Gasteiger partial charge in [0, 0.05) is 21.5 Å². The van der Waals surface area contributed by atoms with E-state index in [0.717, 1.165) is 16.6 Å². The van der Waals surface area contributed by atoms with Crippen molar-refractivity contribution in [2.45, 2.75) is 6.92 Å². The van der Waals surface area contributed by atoms with Crippen LogP contribution < -0.4 is 4.57 Å². The van der Waals surface area contributed by atoms with Gasteiger partial charge >= 0.3 is 0 Å². The highest BCUT2D eigenvalue weighted by atomic mass is 16.3. The van der Waals surface area contributed by atoms with Crippen LogP contribution in [0.3, 0.4) is 0 Å². The normalized spacial score (nSPS) is 12.4. The molecule has 0 spiro atoms. The summed E-state index contributed by atoms with van der Waals surface area (Å²) in [6, 6.07) is 28.5. The summed E-state index contributed by atoms with van der Waals surface area (Å²) >= 11 is 0. The van der Waals surface area contributed by atoms with Crippen LogP contribution in [0.15, 0.2) is 95.7 Å². The molecule has 160 valence electrons. The van der Waals surface area contributed by atoms with Crippen LogP contribution in [0.2, 0.25) is 0 Å². The molecule has 8 rings (SSSR count). The molecule has 0 bridgehead atoms. The number of aromatic nitrogens is 2. The van der Waals surface area contributed by atoms with Crippen LogP contribution in [0.1, 0.15) is 5.56 Å². The van der Waals surface area contributed by atoms with Gasteiger partial charge in [-0.2, -0.15) is 4.40 Å². The maximum Gasteiger partial charge on any atom is 0.294 e. The number of benzene rings is 5. The molecule has 0 unspecified atom stereocenters. The Morgan fingerprint density at radius 2 is 1.50 bits per heavy atom. The van der Waals surface area contributed by atoms with E-state index in [4.69, 9.17) is 4.42 Å². The van der Waals surface area contributed by atoms with E-state index >= 15 is 0 Å². The van der Waals surface area contributed by atoms with Gasteiger partial charge in [-0.25, -0.2) is 4.57 Å². The van der Waals surface area contributed by atoms with Gasteiger partial charge in [-0.15, -0.1) is 0 Å². The Bertz CT molecular complexity index is 2140. The summed E-state index contributed by atoms with van der Waals surface area (Å²) in [6.07, 6.45) is 4.31. The van der Waals surface area contributed by atoms with Crippen molar-refractivity contribution in [3.63, 3.8) is 0 Å². The summed E-state index contributed by atoms with van der Waals surface area (Å²) in [7, 11) is 2.12. The van der Waals surface area contributed by atoms with Crippen molar-refractivity contribution in [3.8, 4) is 0 Å². The van der Waals surface area contributed by atoms with E-state index in [-0.39, 0.29) is 0 Å². The molecular weight excluding hydrogens is 416 g/mol. The number of pyridine rings is 1. The molecule has 0 aliphatic carbocycles. The molecule has 3 heterocycles. The first-order valence-electron chi connectivity index (χ1n) is 11.7. The lowest BCUT2D eigenvalue weighted by atomic mass is 9.97. The van der Waals surface area contributed by atoms with E-state index in [1.54, 1.807) is 0 Å². The zero-order valence-corrected chi connectivity index (χ0v) is 19.0. The predicted octanol–water partition coefficient (Wildman–Crippen LogP) is 7.58. The molecule has 3 heteroatoms. The second kappa shape index (κ2) is 6.15. The largest absolute Gasteiger partial charge is 0.456 e. The fraction of sp³-hybridized carbons (Fsp3) is 0.0645. The molecule has 3 nitrogen and oxygen atoms in total. The number of nitrogens with zero attached hydrogens (tertiary/aromatic N) is 2. The Hall–Kier alpha value is -4.37. The van der Waals surface area contributed by atoms with Crippen molar-refractivity contribution in [3.05, 3.63) is 96.8 Å². The summed E-state index contributed by atoms with van der Waals surface area (Å²) < 4.78 is 11.0. The van der Waals surface area contributed by atoms with Gasteiger partial charge in [-0.05, 0) is 52.2 Å². The number of imidazole rings is 1. The molecule has 34 heavy (non-hydrogen) atoms. The van der Waals surface area contributed by atoms with Gasteiger partial charge in [-0.1, -0.05) is 60.7 Å². The second-order valence-electron chi connectivity index (χ2n) is 9.39. The van der Waals surface area contributed by atoms with Gasteiger partial charge < -0.3 is 4.42 Å². The zero-order valence-electron chi connectivity index (χ0n) is 19.0. The third-order valence-corrected chi connectivity index (χ3v) is 7.52. The number of fused-ring (bicyclic) bond motifs is 13. The van der Waals surface area contributed by atoms with E-state index in [0.29, 0.717) is 0 Å². The Morgan fingerprint density at radius 3 is 2.44 bits per heavy atom. The van der Waals surface area contributed by atoms with Crippen molar-refractivity contribution < 1.29 is 8.98 Å². The zero-order chi connectivity index (χ0) is 22.6. The minimum absolute atomic E-state index is 0.932. The van der Waals surface area contributed by atoms with Crippen molar-refractivity contribution in [2.75, 3.05) is 0 Å². The number of hydrogen-bond donors (Lipinski definition) is 0. The van der Waals surface area contributed by atoms with Crippen LogP contribution in [-0.2, 0) is 7.05 Å². The molecule has 5 aromatic carbocycles. The molecule has 0 aliphatic heterocycles. The highest BCUT2D eigenvalue weighted by molar-refractivity contribution is 6.26. The molecular formula is C31H21N2O+. The van der Waals surface area contributed by atoms with Crippen LogP contribution in [0.5, 0.6) is 0 Å². The summed E-state index contributed by atoms with van der Waals surface area (Å²) in [5.41, 5.74) is 5.55. The van der Waals surface area contributed by atoms with Crippen LogP contribution in [-0.4, -0.2) is 4.40 Å². The highest BCUT2D eigenvalue weighted by Crippen LogP contribution is 2.40. The SMILES string of the molecule is Cc1cccc2c3cc4oc5ccc6c7ccccc7ccc6c5c4cc3n3cc[n+](C)c3c12. The summed E-state index contributed by atoms with van der Waals surface area (Å²) in [5.74, 6) is 0. The van der Waals surface area contributed by atoms with E-state index < -0.39 is 0 Å². The Morgan fingerprint density at radius 1 is 0.676 bits per heavy atom. The quantitative estimate of drug-likeness (QED) is 0.177. The number of hydrogen-bond acceptors (Lipinski definition) is 1. The average Bonchev–Trinajstić information content (AvgIpc) is 3.43. The van der Waals surface area contributed by atoms with E-state index in [9.17, 15) is 0 Å². The molecule has 0 N–H and O–H groups in total. The summed E-state index contributed by atoms with van der Waals surface area (Å²) in [4.78, 5) is 0. The summed E-state index contributed by atoms with van der Waals surface area (Å²) in [6.45, 7) is 2.19. The molecule has 0 saturated carbocycles. The lowest BCUT2D eigenvalue weighted by Crippen LogP contribution is -2.26. The Labute approximate surface area is 195 Å². The van der Waals surface area contributed by atoms with Crippen molar-refractivity contribution in [1.29, 1.82) is 0 Å². The lowest BCUT2D eigenvalue weighted by Gasteiger charge is -2.07. The standard InChI is InChI=1S/C31H21N2O/c1-18-6-5-9-22-24-17-28-25(16-26(24)33-15-14-32(2)31(33)29(18)22)30-23-11-10-19-7-3-4-8-20(19)21(23)12-13-27(30)34-28/h3-17H,1-2H3/q+1. The van der Waals surface area contributed by atoms with Gasteiger partial charge in [0.1, 0.15) is 29.1 Å². The third-order valence-electron chi connectivity index (χ3n) is 7.52. The maximum atomic E-state index is 6.46. The van der Waals surface area contributed by atoms with Crippen molar-refractivity contribution >= 4 is 70.8 Å². The van der Waals surface area contributed by atoms with Gasteiger partial charge in [0.15, 0.2) is 0 Å². The Balaban J connectivity index is 1.62. The molecule has 0 amide bonds. The van der Waals surface area contributed by atoms with E-state index in [2.05, 4.69) is 114 Å². The first kappa shape index (κ1) is 18.1. The van der Waals surface area contributed by atoms with Crippen LogP contribution in [0.25, 0.3) is 70.8 Å². The van der Waals surface area contributed by atoms with Gasteiger partial charge in [0.25, 0.3) is 5.65 Å². The molecule has 0 radical (unpaired) electrons. The molecule has 0 saturated heterocycles. The predicted molar refractivity (Wildman–Crippen MR) is 141 cm³/mol. The topological polar surface area (TPSA) is 21.4 Å². The highest BCUT2D eigenvalue weighted by Gasteiger charge is 2.21. The fourth-order valence-corrected chi connectivity index (χ4v) is 5.97. The maximum absolute atomic E-state index is 6.46. The molecule has 0 fully saturated rings. The second-order valence-corrected chi connectivity index (χ2v) is 9.39. The monoisotopic (exact) mass is 437 g/mol. The van der Waals surface area contributed by atoms with Crippen molar-refractivity contribution in [2.24, 2.45) is 7.05 Å². The number of aryl methyl sites for hydroxylation is 2. The number of furan rings is 1. The molecule has 0 aliphatic rings. The minimum Gasteiger partial charge on any atom is -0.456 e. The Kier molecular flexibility index (Phi) is 3.27. The number of rotatable bonds is 0. The fourth-order valence-electron chi connectivity index (χ4n) is 5.97. The van der Waals surface area contributed by atoms with E-state index in [1.165, 1.54) is 59.8 Å². The lowest BCUT2D eigenvalue weighted by molar-refractivity contribution is -0.643. The molecule has 8 aromatic rings. The smallest absolute Gasteiger partial charge is 0.294 e. The molecule has 0 atom stereocenters. The van der Waals surface area contributed by atoms with Crippen LogP contribution in [0, 0.1) is 6.92 Å². The van der Waals surface area contributed by atoms with E-state index in [1.807, 2.05) is 0 Å². The van der Waals surface area contributed by atoms with Gasteiger partial charge in [0.05, 0.1) is 12.4 Å². The van der Waals surface area contributed by atoms with Gasteiger partial charge in [0.2, 0.25) is 0 Å². The van der Waals surface area contributed by atoms with Crippen LogP contribution in [0.4, 0.5) is 0 Å². The average molecular weight is 438 g/mol. The molecule has 3 aromatic heterocycles. The van der Waals surface area contributed by atoms with Crippen LogP contribution >= 0.6 is 0 Å². The first-order valence-corrected chi connectivity index (χ1v) is 11.7. The summed E-state index contributed by atoms with van der Waals surface area (Å²) in [5, 5.41) is 11.1. The minimum atomic E-state index is 0.932. The van der Waals surface area contributed by atoms with Gasteiger partial charge in [-0.3, -0.25) is 0 Å². The first-order chi connectivity index (χ1) is 16.7.